The second-order valence-corrected chi connectivity index (χ2v) is 5.81. The number of non-ortho nitro benzene ring substituents is 1. The van der Waals surface area contributed by atoms with Crippen LogP contribution in [0.3, 0.4) is 0 Å². The summed E-state index contributed by atoms with van der Waals surface area (Å²) in [6.07, 6.45) is 2.02. The average Bonchev–Trinajstić information content (AvgIpc) is 2.60. The Labute approximate surface area is 140 Å². The highest BCUT2D eigenvalue weighted by Crippen LogP contribution is 2.19. The fourth-order valence-electron chi connectivity index (χ4n) is 2.68. The van der Waals surface area contributed by atoms with E-state index in [4.69, 9.17) is 4.74 Å². The number of morpholine rings is 1. The minimum absolute atomic E-state index is 0.0909. The molecule has 1 aliphatic heterocycles. The van der Waals surface area contributed by atoms with Crippen molar-refractivity contribution in [3.8, 4) is 0 Å². The van der Waals surface area contributed by atoms with Crippen LogP contribution >= 0.6 is 0 Å². The minimum Gasteiger partial charge on any atom is -0.381 e. The number of nitrogens with one attached hydrogen (secondary N) is 1. The van der Waals surface area contributed by atoms with Gasteiger partial charge in [0.15, 0.2) is 0 Å². The molecular weight excluding hydrogens is 308 g/mol. The third kappa shape index (κ3) is 3.99. The van der Waals surface area contributed by atoms with Crippen molar-refractivity contribution in [2.75, 3.05) is 29.9 Å². The van der Waals surface area contributed by atoms with E-state index < -0.39 is 4.92 Å². The molecule has 0 spiro atoms. The molecule has 0 radical (unpaired) electrons. The molecule has 1 saturated heterocycles. The zero-order chi connectivity index (χ0) is 16.9. The molecule has 0 aliphatic carbocycles. The van der Waals surface area contributed by atoms with Crippen molar-refractivity contribution < 1.29 is 9.66 Å². The first-order valence-corrected chi connectivity index (χ1v) is 7.91. The molecule has 7 heteroatoms. The summed E-state index contributed by atoms with van der Waals surface area (Å²) in [5.41, 5.74) is 2.05. The number of hydrogen-bond acceptors (Lipinski definition) is 6. The van der Waals surface area contributed by atoms with Crippen LogP contribution in [0.2, 0.25) is 0 Å². The lowest BCUT2D eigenvalue weighted by atomic mass is 10.2. The lowest BCUT2D eigenvalue weighted by molar-refractivity contribution is -0.384. The first-order chi connectivity index (χ1) is 11.6. The van der Waals surface area contributed by atoms with E-state index >= 15 is 0 Å². The second-order valence-electron chi connectivity index (χ2n) is 5.81. The lowest BCUT2D eigenvalue weighted by Crippen LogP contribution is -2.41. The molecule has 7 nitrogen and oxygen atoms in total. The van der Waals surface area contributed by atoms with Gasteiger partial charge in [-0.15, -0.1) is 0 Å². The Morgan fingerprint density at radius 1 is 1.38 bits per heavy atom. The molecule has 1 aromatic carbocycles. The number of nitro benzene ring substituents is 1. The third-order valence-corrected chi connectivity index (χ3v) is 3.95. The van der Waals surface area contributed by atoms with Crippen LogP contribution in [-0.4, -0.2) is 35.7 Å². The topological polar surface area (TPSA) is 80.5 Å². The number of anilines is 2. The van der Waals surface area contributed by atoms with Crippen molar-refractivity contribution in [3.05, 3.63) is 58.3 Å². The molecule has 0 saturated carbocycles. The third-order valence-electron chi connectivity index (χ3n) is 3.95. The van der Waals surface area contributed by atoms with Gasteiger partial charge in [-0.05, 0) is 36.8 Å². The van der Waals surface area contributed by atoms with Crippen LogP contribution in [0.25, 0.3) is 0 Å². The number of hydrogen-bond donors (Lipinski definition) is 1. The van der Waals surface area contributed by atoms with Crippen LogP contribution in [0.5, 0.6) is 0 Å². The van der Waals surface area contributed by atoms with Gasteiger partial charge in [0, 0.05) is 43.7 Å². The zero-order valence-electron chi connectivity index (χ0n) is 13.5. The molecule has 1 aliphatic rings. The summed E-state index contributed by atoms with van der Waals surface area (Å²) in [7, 11) is 0. The highest BCUT2D eigenvalue weighted by molar-refractivity contribution is 5.49. The highest BCUT2D eigenvalue weighted by Gasteiger charge is 2.17. The smallest absolute Gasteiger partial charge is 0.269 e. The maximum absolute atomic E-state index is 10.7. The Hall–Kier alpha value is -2.67. The quantitative estimate of drug-likeness (QED) is 0.671. The first kappa shape index (κ1) is 16.2. The number of aromatic nitrogens is 1. The van der Waals surface area contributed by atoms with E-state index in [0.29, 0.717) is 13.2 Å². The van der Waals surface area contributed by atoms with Crippen molar-refractivity contribution >= 4 is 17.2 Å². The van der Waals surface area contributed by atoms with Crippen molar-refractivity contribution in [1.82, 2.24) is 4.98 Å². The second kappa shape index (κ2) is 7.27. The molecule has 1 fully saturated rings. The number of ether oxygens (including phenoxy) is 1. The number of nitro groups is 1. The predicted molar refractivity (Wildman–Crippen MR) is 92.3 cm³/mol. The molecule has 3 rings (SSSR count). The monoisotopic (exact) mass is 328 g/mol. The van der Waals surface area contributed by atoms with Gasteiger partial charge in [-0.3, -0.25) is 10.1 Å². The summed E-state index contributed by atoms with van der Waals surface area (Å²) in [4.78, 5) is 16.9. The minimum atomic E-state index is -0.401. The van der Waals surface area contributed by atoms with Gasteiger partial charge in [-0.2, -0.15) is 0 Å². The van der Waals surface area contributed by atoms with E-state index in [2.05, 4.69) is 28.2 Å². The highest BCUT2D eigenvalue weighted by atomic mass is 16.6. The molecule has 0 unspecified atom stereocenters. The van der Waals surface area contributed by atoms with Gasteiger partial charge in [0.05, 0.1) is 17.6 Å². The molecule has 0 amide bonds. The zero-order valence-corrected chi connectivity index (χ0v) is 13.5. The summed E-state index contributed by atoms with van der Waals surface area (Å²) >= 11 is 0. The van der Waals surface area contributed by atoms with E-state index in [1.165, 1.54) is 12.1 Å². The van der Waals surface area contributed by atoms with Crippen LogP contribution in [0.4, 0.5) is 17.2 Å². The molecular formula is C17H20N4O3. The van der Waals surface area contributed by atoms with Gasteiger partial charge in [0.25, 0.3) is 5.69 Å². The number of pyridine rings is 1. The fraction of sp³-hybridized carbons (Fsp3) is 0.353. The summed E-state index contributed by atoms with van der Waals surface area (Å²) in [5.74, 6) is 0.952. The molecule has 1 aromatic heterocycles. The van der Waals surface area contributed by atoms with E-state index in [-0.39, 0.29) is 11.8 Å². The summed E-state index contributed by atoms with van der Waals surface area (Å²) in [5, 5.41) is 13.9. The van der Waals surface area contributed by atoms with Crippen LogP contribution in [0, 0.1) is 10.1 Å². The van der Waals surface area contributed by atoms with E-state index in [0.717, 1.165) is 30.2 Å². The van der Waals surface area contributed by atoms with Gasteiger partial charge in [0.2, 0.25) is 0 Å². The normalized spacial score (nSPS) is 17.5. The first-order valence-electron chi connectivity index (χ1n) is 7.91. The molecule has 2 aromatic rings. The molecule has 0 bridgehead atoms. The molecule has 1 atom stereocenters. The van der Waals surface area contributed by atoms with Crippen LogP contribution in [0.15, 0.2) is 42.6 Å². The van der Waals surface area contributed by atoms with Crippen LogP contribution in [0.1, 0.15) is 12.5 Å². The predicted octanol–water partition coefficient (Wildman–Crippen LogP) is 2.83. The Morgan fingerprint density at radius 3 is 2.88 bits per heavy atom. The van der Waals surface area contributed by atoms with Gasteiger partial charge in [-0.1, -0.05) is 0 Å². The SMILES string of the molecule is C[C@H]1CN(c2cc(CNc3ccc([N+](=O)[O-])cc3)ccn2)CCO1. The summed E-state index contributed by atoms with van der Waals surface area (Å²) < 4.78 is 5.56. The fourth-order valence-corrected chi connectivity index (χ4v) is 2.68. The summed E-state index contributed by atoms with van der Waals surface area (Å²) in [6, 6.07) is 10.4. The molecule has 126 valence electrons. The molecule has 24 heavy (non-hydrogen) atoms. The Bertz CT molecular complexity index is 705. The van der Waals surface area contributed by atoms with Gasteiger partial charge in [-0.25, -0.2) is 4.98 Å². The largest absolute Gasteiger partial charge is 0.381 e. The Kier molecular flexibility index (Phi) is 4.90. The lowest BCUT2D eigenvalue weighted by Gasteiger charge is -2.32. The van der Waals surface area contributed by atoms with Gasteiger partial charge >= 0.3 is 0 Å². The van der Waals surface area contributed by atoms with Crippen molar-refractivity contribution in [2.24, 2.45) is 0 Å². The van der Waals surface area contributed by atoms with E-state index in [1.54, 1.807) is 12.1 Å². The number of nitrogens with zero attached hydrogens (tertiary/aromatic N) is 3. The summed E-state index contributed by atoms with van der Waals surface area (Å²) in [6.45, 7) is 5.09. The van der Waals surface area contributed by atoms with Gasteiger partial charge in [0.1, 0.15) is 5.82 Å². The molecule has 2 heterocycles. The van der Waals surface area contributed by atoms with E-state index in [9.17, 15) is 10.1 Å². The molecule has 1 N–H and O–H groups in total. The van der Waals surface area contributed by atoms with Crippen LogP contribution in [-0.2, 0) is 11.3 Å². The van der Waals surface area contributed by atoms with Crippen molar-refractivity contribution in [2.45, 2.75) is 19.6 Å². The van der Waals surface area contributed by atoms with E-state index in [1.807, 2.05) is 12.3 Å². The van der Waals surface area contributed by atoms with Crippen LogP contribution < -0.4 is 10.2 Å². The van der Waals surface area contributed by atoms with Gasteiger partial charge < -0.3 is 15.0 Å². The number of benzene rings is 1. The standard InChI is InChI=1S/C17H20N4O3/c1-13-12-20(8-9-24-13)17-10-14(6-7-18-17)11-19-15-2-4-16(5-3-15)21(22)23/h2-7,10,13,19H,8-9,11-12H2,1H3/t13-/m0/s1. The average molecular weight is 328 g/mol. The maximum Gasteiger partial charge on any atom is 0.269 e. The Morgan fingerprint density at radius 2 is 2.17 bits per heavy atom. The number of rotatable bonds is 5. The van der Waals surface area contributed by atoms with Crippen molar-refractivity contribution in [3.63, 3.8) is 0 Å². The Balaban J connectivity index is 1.63. The van der Waals surface area contributed by atoms with Crippen molar-refractivity contribution in [1.29, 1.82) is 0 Å². The maximum atomic E-state index is 10.7.